The fraction of sp³-hybridized carbons (Fsp3) is 0.385. The molecule has 0 unspecified atom stereocenters. The van der Waals surface area contributed by atoms with Gasteiger partial charge in [0, 0.05) is 24.7 Å². The van der Waals surface area contributed by atoms with Crippen molar-refractivity contribution in [2.45, 2.75) is 19.3 Å². The van der Waals surface area contributed by atoms with Crippen molar-refractivity contribution in [3.63, 3.8) is 0 Å². The highest BCUT2D eigenvalue weighted by molar-refractivity contribution is 5.95. The molecule has 2 rings (SSSR count). The minimum Gasteiger partial charge on any atom is -0.493 e. The Morgan fingerprint density at radius 3 is 3.00 bits per heavy atom. The molecule has 1 fully saturated rings. The van der Waals surface area contributed by atoms with Crippen molar-refractivity contribution >= 4 is 17.6 Å². The van der Waals surface area contributed by atoms with E-state index < -0.39 is 5.97 Å². The van der Waals surface area contributed by atoms with Crippen LogP contribution < -0.4 is 21.1 Å². The Kier molecular flexibility index (Phi) is 4.91. The standard InChI is InChI=1S/C13H17N3O4/c14-15-20-13(18)6-8-19-11-4-1-3-10(9-11)16-7-2-5-12(16)17/h1,3-4,9,15H,2,5-8,14H2. The lowest BCUT2D eigenvalue weighted by Crippen LogP contribution is -2.27. The number of hydrogen-bond donors (Lipinski definition) is 2. The third kappa shape index (κ3) is 3.69. The number of nitrogens with two attached hydrogens (primary N) is 1. The molecule has 1 aliphatic rings. The van der Waals surface area contributed by atoms with Gasteiger partial charge in [0.15, 0.2) is 0 Å². The van der Waals surface area contributed by atoms with Gasteiger partial charge < -0.3 is 14.5 Å². The fourth-order valence-electron chi connectivity index (χ4n) is 2.03. The van der Waals surface area contributed by atoms with Crippen LogP contribution in [0.15, 0.2) is 24.3 Å². The first kappa shape index (κ1) is 14.3. The van der Waals surface area contributed by atoms with Crippen LogP contribution in [0, 0.1) is 0 Å². The van der Waals surface area contributed by atoms with Gasteiger partial charge in [-0.15, -0.1) is 0 Å². The molecule has 1 aromatic rings. The summed E-state index contributed by atoms with van der Waals surface area (Å²) in [6, 6.07) is 7.24. The zero-order valence-electron chi connectivity index (χ0n) is 11.0. The number of benzene rings is 1. The molecular weight excluding hydrogens is 262 g/mol. The molecule has 0 bridgehead atoms. The summed E-state index contributed by atoms with van der Waals surface area (Å²) in [6.07, 6.45) is 1.54. The Morgan fingerprint density at radius 1 is 1.45 bits per heavy atom. The van der Waals surface area contributed by atoms with Crippen molar-refractivity contribution in [1.29, 1.82) is 0 Å². The molecule has 7 heteroatoms. The highest BCUT2D eigenvalue weighted by Crippen LogP contribution is 2.25. The van der Waals surface area contributed by atoms with Crippen LogP contribution in [0.25, 0.3) is 0 Å². The molecule has 0 saturated carbocycles. The Labute approximate surface area is 116 Å². The molecule has 1 aliphatic heterocycles. The summed E-state index contributed by atoms with van der Waals surface area (Å²) in [6.45, 7) is 0.911. The van der Waals surface area contributed by atoms with E-state index in [4.69, 9.17) is 10.6 Å². The van der Waals surface area contributed by atoms with E-state index in [1.807, 2.05) is 17.7 Å². The Hall–Kier alpha value is -2.12. The van der Waals surface area contributed by atoms with Gasteiger partial charge in [0.25, 0.3) is 0 Å². The number of carbonyl (C=O) groups is 2. The molecule has 108 valence electrons. The van der Waals surface area contributed by atoms with Crippen molar-refractivity contribution in [3.05, 3.63) is 24.3 Å². The molecule has 0 atom stereocenters. The monoisotopic (exact) mass is 279 g/mol. The molecule has 0 aromatic heterocycles. The van der Waals surface area contributed by atoms with E-state index in [0.717, 1.165) is 18.7 Å². The number of hydrogen-bond acceptors (Lipinski definition) is 6. The lowest BCUT2D eigenvalue weighted by atomic mass is 10.3. The molecule has 7 nitrogen and oxygen atoms in total. The highest BCUT2D eigenvalue weighted by atomic mass is 16.7. The quantitative estimate of drug-likeness (QED) is 0.582. The second-order valence-electron chi connectivity index (χ2n) is 4.34. The molecule has 3 N–H and O–H groups in total. The number of ether oxygens (including phenoxy) is 1. The summed E-state index contributed by atoms with van der Waals surface area (Å²) < 4.78 is 5.45. The molecular formula is C13H17N3O4. The van der Waals surface area contributed by atoms with E-state index in [0.29, 0.717) is 12.2 Å². The number of nitrogens with one attached hydrogen (secondary N) is 1. The smallest absolute Gasteiger partial charge is 0.329 e. The lowest BCUT2D eigenvalue weighted by Gasteiger charge is -2.16. The Bertz CT molecular complexity index is 492. The summed E-state index contributed by atoms with van der Waals surface area (Å²) in [4.78, 5) is 28.8. The third-order valence-corrected chi connectivity index (χ3v) is 2.95. The SMILES string of the molecule is NNOC(=O)CCOc1cccc(N2CCCC2=O)c1. The van der Waals surface area contributed by atoms with Gasteiger partial charge >= 0.3 is 5.97 Å². The van der Waals surface area contributed by atoms with Crippen molar-refractivity contribution in [3.8, 4) is 5.75 Å². The molecule has 0 aliphatic carbocycles. The normalized spacial score (nSPS) is 14.4. The second kappa shape index (κ2) is 6.88. The van der Waals surface area contributed by atoms with Crippen LogP contribution in [0.4, 0.5) is 5.69 Å². The molecule has 1 aromatic carbocycles. The van der Waals surface area contributed by atoms with Crippen LogP contribution >= 0.6 is 0 Å². The van der Waals surface area contributed by atoms with Crippen molar-refractivity contribution in [2.75, 3.05) is 18.1 Å². The number of anilines is 1. The maximum Gasteiger partial charge on any atom is 0.329 e. The number of carbonyl (C=O) groups excluding carboxylic acids is 2. The summed E-state index contributed by atoms with van der Waals surface area (Å²) in [5.74, 6) is 5.07. The van der Waals surface area contributed by atoms with Gasteiger partial charge in [-0.2, -0.15) is 0 Å². The zero-order valence-corrected chi connectivity index (χ0v) is 11.0. The van der Waals surface area contributed by atoms with Crippen LogP contribution in [0.2, 0.25) is 0 Å². The van der Waals surface area contributed by atoms with Crippen LogP contribution in [-0.4, -0.2) is 25.0 Å². The topological polar surface area (TPSA) is 93.9 Å². The van der Waals surface area contributed by atoms with E-state index in [-0.39, 0.29) is 18.9 Å². The highest BCUT2D eigenvalue weighted by Gasteiger charge is 2.21. The number of nitrogens with zero attached hydrogens (tertiary/aromatic N) is 1. The number of hydrazine groups is 1. The van der Waals surface area contributed by atoms with E-state index >= 15 is 0 Å². The largest absolute Gasteiger partial charge is 0.493 e. The Balaban J connectivity index is 1.89. The predicted octanol–water partition coefficient (Wildman–Crippen LogP) is 0.504. The van der Waals surface area contributed by atoms with Crippen LogP contribution in [0.3, 0.4) is 0 Å². The van der Waals surface area contributed by atoms with Gasteiger partial charge in [0.05, 0.1) is 13.0 Å². The second-order valence-corrected chi connectivity index (χ2v) is 4.34. The molecule has 1 heterocycles. The maximum absolute atomic E-state index is 11.7. The van der Waals surface area contributed by atoms with Gasteiger partial charge in [-0.05, 0) is 18.6 Å². The van der Waals surface area contributed by atoms with Crippen molar-refractivity contribution in [1.82, 2.24) is 5.59 Å². The lowest BCUT2D eigenvalue weighted by molar-refractivity contribution is -0.151. The fourth-order valence-corrected chi connectivity index (χ4v) is 2.03. The first-order valence-corrected chi connectivity index (χ1v) is 6.39. The minimum absolute atomic E-state index is 0.0804. The van der Waals surface area contributed by atoms with Gasteiger partial charge in [0.2, 0.25) is 5.91 Å². The molecule has 1 amide bonds. The summed E-state index contributed by atoms with van der Waals surface area (Å²) in [5.41, 5.74) is 2.63. The van der Waals surface area contributed by atoms with Gasteiger partial charge in [-0.1, -0.05) is 11.7 Å². The van der Waals surface area contributed by atoms with Crippen LogP contribution in [0.1, 0.15) is 19.3 Å². The maximum atomic E-state index is 11.7. The van der Waals surface area contributed by atoms with Crippen molar-refractivity contribution < 1.29 is 19.2 Å². The van der Waals surface area contributed by atoms with Crippen molar-refractivity contribution in [2.24, 2.45) is 5.84 Å². The zero-order chi connectivity index (χ0) is 14.4. The van der Waals surface area contributed by atoms with E-state index in [9.17, 15) is 9.59 Å². The summed E-state index contributed by atoms with van der Waals surface area (Å²) in [5, 5.41) is 0. The van der Waals surface area contributed by atoms with Gasteiger partial charge in [-0.3, -0.25) is 9.59 Å². The molecule has 0 spiro atoms. The molecule has 1 saturated heterocycles. The van der Waals surface area contributed by atoms with E-state index in [1.165, 1.54) is 0 Å². The summed E-state index contributed by atoms with van der Waals surface area (Å²) >= 11 is 0. The summed E-state index contributed by atoms with van der Waals surface area (Å²) in [7, 11) is 0. The number of rotatable bonds is 6. The van der Waals surface area contributed by atoms with E-state index in [1.54, 1.807) is 17.0 Å². The van der Waals surface area contributed by atoms with E-state index in [2.05, 4.69) is 4.84 Å². The predicted molar refractivity (Wildman–Crippen MR) is 71.6 cm³/mol. The van der Waals surface area contributed by atoms with Gasteiger partial charge in [-0.25, -0.2) is 5.84 Å². The first-order valence-electron chi connectivity index (χ1n) is 6.39. The first-order chi connectivity index (χ1) is 9.70. The third-order valence-electron chi connectivity index (χ3n) is 2.95. The molecule has 20 heavy (non-hydrogen) atoms. The minimum atomic E-state index is -0.502. The van der Waals surface area contributed by atoms with Gasteiger partial charge in [0.1, 0.15) is 5.75 Å². The average molecular weight is 279 g/mol. The Morgan fingerprint density at radius 2 is 2.30 bits per heavy atom. The average Bonchev–Trinajstić information content (AvgIpc) is 2.86. The number of amides is 1. The van der Waals surface area contributed by atoms with Crippen LogP contribution in [-0.2, 0) is 14.4 Å². The van der Waals surface area contributed by atoms with Crippen LogP contribution in [0.5, 0.6) is 5.75 Å². The molecule has 0 radical (unpaired) electrons.